The fourth-order valence-electron chi connectivity index (χ4n) is 1.97. The second-order valence-electron chi connectivity index (χ2n) is 4.30. The van der Waals surface area contributed by atoms with E-state index in [0.29, 0.717) is 6.42 Å². The number of aromatic nitrogens is 1. The molecular formula is C15H17NO2. The summed E-state index contributed by atoms with van der Waals surface area (Å²) in [5.74, 6) is 0.842. The van der Waals surface area contributed by atoms with Crippen molar-refractivity contribution in [3.63, 3.8) is 0 Å². The van der Waals surface area contributed by atoms with Crippen LogP contribution in [0, 0.1) is 6.92 Å². The van der Waals surface area contributed by atoms with Crippen LogP contribution in [0.25, 0.3) is 0 Å². The lowest BCUT2D eigenvalue weighted by Crippen LogP contribution is -2.02. The average molecular weight is 243 g/mol. The Labute approximate surface area is 107 Å². The van der Waals surface area contributed by atoms with E-state index in [9.17, 15) is 5.11 Å². The molecule has 0 saturated heterocycles. The van der Waals surface area contributed by atoms with Gasteiger partial charge in [-0.2, -0.15) is 0 Å². The van der Waals surface area contributed by atoms with Gasteiger partial charge in [-0.05, 0) is 47.9 Å². The van der Waals surface area contributed by atoms with Crippen LogP contribution in [-0.2, 0) is 6.42 Å². The summed E-state index contributed by atoms with van der Waals surface area (Å²) in [5.41, 5.74) is 3.01. The van der Waals surface area contributed by atoms with Gasteiger partial charge < -0.3 is 9.84 Å². The van der Waals surface area contributed by atoms with Gasteiger partial charge in [0.15, 0.2) is 0 Å². The van der Waals surface area contributed by atoms with Gasteiger partial charge in [-0.3, -0.25) is 4.98 Å². The van der Waals surface area contributed by atoms with Crippen molar-refractivity contribution in [1.29, 1.82) is 0 Å². The molecule has 2 aromatic rings. The minimum atomic E-state index is -0.503. The van der Waals surface area contributed by atoms with E-state index in [4.69, 9.17) is 4.74 Å². The van der Waals surface area contributed by atoms with Gasteiger partial charge in [0, 0.05) is 18.8 Å². The van der Waals surface area contributed by atoms with Gasteiger partial charge >= 0.3 is 0 Å². The largest absolute Gasteiger partial charge is 0.496 e. The minimum Gasteiger partial charge on any atom is -0.496 e. The summed E-state index contributed by atoms with van der Waals surface area (Å²) in [7, 11) is 1.65. The molecule has 2 rings (SSSR count). The first-order chi connectivity index (χ1) is 8.70. The fraction of sp³-hybridized carbons (Fsp3) is 0.267. The second kappa shape index (κ2) is 5.65. The summed E-state index contributed by atoms with van der Waals surface area (Å²) in [6, 6.07) is 9.59. The SMILES string of the molecule is COc1ccc(C(O)Cc2ccncc2)cc1C. The zero-order chi connectivity index (χ0) is 13.0. The molecule has 0 bridgehead atoms. The maximum Gasteiger partial charge on any atom is 0.121 e. The molecule has 0 spiro atoms. The monoisotopic (exact) mass is 243 g/mol. The highest BCUT2D eigenvalue weighted by Crippen LogP contribution is 2.24. The molecular weight excluding hydrogens is 226 g/mol. The summed E-state index contributed by atoms with van der Waals surface area (Å²) in [4.78, 5) is 3.96. The number of hydrogen-bond donors (Lipinski definition) is 1. The Kier molecular flexibility index (Phi) is 3.95. The maximum absolute atomic E-state index is 10.2. The summed E-state index contributed by atoms with van der Waals surface area (Å²) in [5, 5.41) is 10.2. The molecule has 1 N–H and O–H groups in total. The molecule has 1 aromatic carbocycles. The lowest BCUT2D eigenvalue weighted by Gasteiger charge is -2.13. The predicted molar refractivity (Wildman–Crippen MR) is 70.6 cm³/mol. The topological polar surface area (TPSA) is 42.4 Å². The molecule has 0 radical (unpaired) electrons. The van der Waals surface area contributed by atoms with E-state index >= 15 is 0 Å². The predicted octanol–water partition coefficient (Wildman–Crippen LogP) is 2.67. The molecule has 1 heterocycles. The Bertz CT molecular complexity index is 511. The number of aliphatic hydroxyl groups is 1. The normalized spacial score (nSPS) is 12.2. The maximum atomic E-state index is 10.2. The zero-order valence-electron chi connectivity index (χ0n) is 10.6. The molecule has 0 amide bonds. The second-order valence-corrected chi connectivity index (χ2v) is 4.30. The molecule has 3 nitrogen and oxygen atoms in total. The van der Waals surface area contributed by atoms with Gasteiger partial charge in [0.05, 0.1) is 13.2 Å². The fourth-order valence-corrected chi connectivity index (χ4v) is 1.97. The van der Waals surface area contributed by atoms with Crippen molar-refractivity contribution in [3.05, 3.63) is 59.4 Å². The van der Waals surface area contributed by atoms with Crippen molar-refractivity contribution in [2.45, 2.75) is 19.4 Å². The van der Waals surface area contributed by atoms with Gasteiger partial charge in [0.2, 0.25) is 0 Å². The summed E-state index contributed by atoms with van der Waals surface area (Å²) in [6.45, 7) is 1.97. The van der Waals surface area contributed by atoms with Gasteiger partial charge in [-0.15, -0.1) is 0 Å². The third kappa shape index (κ3) is 2.87. The number of aryl methyl sites for hydroxylation is 1. The van der Waals surface area contributed by atoms with E-state index in [2.05, 4.69) is 4.98 Å². The number of ether oxygens (including phenoxy) is 1. The van der Waals surface area contributed by atoms with Crippen molar-refractivity contribution >= 4 is 0 Å². The molecule has 0 saturated carbocycles. The molecule has 1 aromatic heterocycles. The molecule has 94 valence electrons. The number of rotatable bonds is 4. The molecule has 1 unspecified atom stereocenters. The number of nitrogens with zero attached hydrogens (tertiary/aromatic N) is 1. The van der Waals surface area contributed by atoms with Crippen LogP contribution in [0.4, 0.5) is 0 Å². The van der Waals surface area contributed by atoms with Crippen LogP contribution < -0.4 is 4.74 Å². The molecule has 0 aliphatic heterocycles. The van der Waals surface area contributed by atoms with Crippen LogP contribution in [0.5, 0.6) is 5.75 Å². The smallest absolute Gasteiger partial charge is 0.121 e. The number of methoxy groups -OCH3 is 1. The molecule has 0 aliphatic carbocycles. The third-order valence-electron chi connectivity index (χ3n) is 2.98. The lowest BCUT2D eigenvalue weighted by molar-refractivity contribution is 0.178. The third-order valence-corrected chi connectivity index (χ3v) is 2.98. The Balaban J connectivity index is 2.14. The van der Waals surface area contributed by atoms with E-state index in [1.54, 1.807) is 19.5 Å². The molecule has 0 fully saturated rings. The Morgan fingerprint density at radius 3 is 2.56 bits per heavy atom. The summed E-state index contributed by atoms with van der Waals surface area (Å²) >= 11 is 0. The van der Waals surface area contributed by atoms with Crippen molar-refractivity contribution < 1.29 is 9.84 Å². The van der Waals surface area contributed by atoms with Gasteiger partial charge in [-0.25, -0.2) is 0 Å². The van der Waals surface area contributed by atoms with Crippen LogP contribution in [0.15, 0.2) is 42.7 Å². The standard InChI is InChI=1S/C15H17NO2/c1-11-9-13(3-4-15(11)18-2)14(17)10-12-5-7-16-8-6-12/h3-9,14,17H,10H2,1-2H3. The van der Waals surface area contributed by atoms with Crippen LogP contribution in [-0.4, -0.2) is 17.2 Å². The highest BCUT2D eigenvalue weighted by molar-refractivity contribution is 5.37. The van der Waals surface area contributed by atoms with Crippen LogP contribution >= 0.6 is 0 Å². The van der Waals surface area contributed by atoms with Crippen molar-refractivity contribution in [1.82, 2.24) is 4.98 Å². The number of aliphatic hydroxyl groups excluding tert-OH is 1. The number of pyridine rings is 1. The number of hydrogen-bond acceptors (Lipinski definition) is 3. The summed E-state index contributed by atoms with van der Waals surface area (Å²) in [6.07, 6.45) is 3.56. The lowest BCUT2D eigenvalue weighted by atomic mass is 10.0. The van der Waals surface area contributed by atoms with Gasteiger partial charge in [0.1, 0.15) is 5.75 Å². The molecule has 1 atom stereocenters. The first-order valence-electron chi connectivity index (χ1n) is 5.92. The molecule has 18 heavy (non-hydrogen) atoms. The quantitative estimate of drug-likeness (QED) is 0.897. The van der Waals surface area contributed by atoms with Crippen molar-refractivity contribution in [2.75, 3.05) is 7.11 Å². The van der Waals surface area contributed by atoms with Crippen LogP contribution in [0.2, 0.25) is 0 Å². The van der Waals surface area contributed by atoms with E-state index in [1.807, 2.05) is 37.3 Å². The Morgan fingerprint density at radius 2 is 1.94 bits per heavy atom. The molecule has 0 aliphatic rings. The van der Waals surface area contributed by atoms with E-state index < -0.39 is 6.10 Å². The van der Waals surface area contributed by atoms with Crippen LogP contribution in [0.3, 0.4) is 0 Å². The van der Waals surface area contributed by atoms with Gasteiger partial charge in [0.25, 0.3) is 0 Å². The highest BCUT2D eigenvalue weighted by Gasteiger charge is 2.10. The summed E-state index contributed by atoms with van der Waals surface area (Å²) < 4.78 is 5.21. The Hall–Kier alpha value is -1.87. The van der Waals surface area contributed by atoms with Gasteiger partial charge in [-0.1, -0.05) is 6.07 Å². The Morgan fingerprint density at radius 1 is 1.22 bits per heavy atom. The zero-order valence-corrected chi connectivity index (χ0v) is 10.6. The highest BCUT2D eigenvalue weighted by atomic mass is 16.5. The number of benzene rings is 1. The van der Waals surface area contributed by atoms with E-state index in [0.717, 1.165) is 22.4 Å². The minimum absolute atomic E-state index is 0.503. The van der Waals surface area contributed by atoms with E-state index in [-0.39, 0.29) is 0 Å². The van der Waals surface area contributed by atoms with Crippen LogP contribution in [0.1, 0.15) is 22.8 Å². The first-order valence-corrected chi connectivity index (χ1v) is 5.92. The van der Waals surface area contributed by atoms with E-state index in [1.165, 1.54) is 0 Å². The van der Waals surface area contributed by atoms with Crippen molar-refractivity contribution in [2.24, 2.45) is 0 Å². The van der Waals surface area contributed by atoms with Crippen molar-refractivity contribution in [3.8, 4) is 5.75 Å². The molecule has 3 heteroatoms. The average Bonchev–Trinajstić information content (AvgIpc) is 2.39. The first kappa shape index (κ1) is 12.6.